The lowest BCUT2D eigenvalue weighted by Gasteiger charge is -2.18. The van der Waals surface area contributed by atoms with E-state index in [0.29, 0.717) is 10.9 Å². The topological polar surface area (TPSA) is 12.5 Å². The molecule has 0 aromatic rings. The summed E-state index contributed by atoms with van der Waals surface area (Å²) in [5, 5.41) is 0. The minimum Gasteiger partial charge on any atom is -0.380 e. The smallest absolute Gasteiger partial charge is 0.0670 e. The molecule has 0 aromatic carbocycles. The van der Waals surface area contributed by atoms with Crippen molar-refractivity contribution in [2.45, 2.75) is 24.3 Å². The molecule has 2 nitrogen and oxygen atoms in total. The molecule has 0 spiro atoms. The van der Waals surface area contributed by atoms with Crippen molar-refractivity contribution in [1.29, 1.82) is 0 Å². The molecule has 0 bridgehead atoms. The van der Waals surface area contributed by atoms with Crippen LogP contribution in [0.3, 0.4) is 0 Å². The van der Waals surface area contributed by atoms with Gasteiger partial charge in [-0.1, -0.05) is 15.9 Å². The molecule has 1 saturated heterocycles. The zero-order valence-corrected chi connectivity index (χ0v) is 8.80. The van der Waals surface area contributed by atoms with Crippen LogP contribution in [-0.4, -0.2) is 42.6 Å². The van der Waals surface area contributed by atoms with Crippen molar-refractivity contribution in [2.75, 3.05) is 26.7 Å². The van der Waals surface area contributed by atoms with E-state index < -0.39 is 0 Å². The number of hydrogen-bond donors (Lipinski definition) is 0. The van der Waals surface area contributed by atoms with E-state index >= 15 is 0 Å². The van der Waals surface area contributed by atoms with E-state index in [1.807, 2.05) is 0 Å². The van der Waals surface area contributed by atoms with Crippen LogP contribution in [0.25, 0.3) is 0 Å². The van der Waals surface area contributed by atoms with Crippen molar-refractivity contribution in [2.24, 2.45) is 0 Å². The third-order valence-corrected chi connectivity index (χ3v) is 2.88. The molecule has 0 aliphatic carbocycles. The molecule has 1 aliphatic heterocycles. The Kier molecular flexibility index (Phi) is 3.82. The zero-order chi connectivity index (χ0) is 8.27. The molecule has 0 aromatic heterocycles. The van der Waals surface area contributed by atoms with Gasteiger partial charge in [-0.3, -0.25) is 4.90 Å². The van der Waals surface area contributed by atoms with E-state index in [4.69, 9.17) is 4.74 Å². The van der Waals surface area contributed by atoms with E-state index in [9.17, 15) is 0 Å². The maximum absolute atomic E-state index is 5.19. The Labute approximate surface area is 77.0 Å². The van der Waals surface area contributed by atoms with Gasteiger partial charge in [0.05, 0.1) is 6.10 Å². The van der Waals surface area contributed by atoms with Crippen LogP contribution >= 0.6 is 15.9 Å². The standard InChI is InChI=1S/C8H16BrNO/c1-7(11-2)5-10-4-3-8(9)6-10/h7-8H,3-6H2,1-2H3. The van der Waals surface area contributed by atoms with Crippen molar-refractivity contribution >= 4 is 15.9 Å². The van der Waals surface area contributed by atoms with Crippen LogP contribution in [0, 0.1) is 0 Å². The number of likely N-dealkylation sites (tertiary alicyclic amines) is 1. The fraction of sp³-hybridized carbons (Fsp3) is 1.00. The highest BCUT2D eigenvalue weighted by molar-refractivity contribution is 9.09. The largest absolute Gasteiger partial charge is 0.380 e. The van der Waals surface area contributed by atoms with Crippen LogP contribution < -0.4 is 0 Å². The molecule has 3 heteroatoms. The molecule has 1 aliphatic rings. The van der Waals surface area contributed by atoms with Crippen LogP contribution in [-0.2, 0) is 4.74 Å². The molecule has 0 N–H and O–H groups in total. The predicted molar refractivity (Wildman–Crippen MR) is 50.2 cm³/mol. The number of ether oxygens (including phenoxy) is 1. The summed E-state index contributed by atoms with van der Waals surface area (Å²) in [5.41, 5.74) is 0. The molecule has 1 fully saturated rings. The maximum atomic E-state index is 5.19. The number of halogens is 1. The summed E-state index contributed by atoms with van der Waals surface area (Å²) in [7, 11) is 1.77. The third kappa shape index (κ3) is 3.09. The Morgan fingerprint density at radius 2 is 2.45 bits per heavy atom. The van der Waals surface area contributed by atoms with E-state index in [1.165, 1.54) is 19.5 Å². The fourth-order valence-electron chi connectivity index (χ4n) is 1.39. The fourth-order valence-corrected chi connectivity index (χ4v) is 2.00. The van der Waals surface area contributed by atoms with Crippen LogP contribution in [0.4, 0.5) is 0 Å². The molecular formula is C8H16BrNO. The maximum Gasteiger partial charge on any atom is 0.0670 e. The Balaban J connectivity index is 2.17. The highest BCUT2D eigenvalue weighted by atomic mass is 79.9. The normalized spacial score (nSPS) is 29.2. The molecule has 11 heavy (non-hydrogen) atoms. The second kappa shape index (κ2) is 4.43. The Morgan fingerprint density at radius 3 is 2.91 bits per heavy atom. The monoisotopic (exact) mass is 221 g/mol. The van der Waals surface area contributed by atoms with Crippen LogP contribution in [0.5, 0.6) is 0 Å². The van der Waals surface area contributed by atoms with E-state index in [-0.39, 0.29) is 0 Å². The number of methoxy groups -OCH3 is 1. The Bertz CT molecular complexity index is 121. The van der Waals surface area contributed by atoms with E-state index in [1.54, 1.807) is 7.11 Å². The average Bonchev–Trinajstić information content (AvgIpc) is 2.35. The molecule has 66 valence electrons. The second-order valence-corrected chi connectivity index (χ2v) is 4.49. The summed E-state index contributed by atoms with van der Waals surface area (Å²) in [6.07, 6.45) is 1.64. The van der Waals surface area contributed by atoms with Crippen LogP contribution in [0.15, 0.2) is 0 Å². The number of alkyl halides is 1. The van der Waals surface area contributed by atoms with E-state index in [2.05, 4.69) is 27.8 Å². The molecule has 0 amide bonds. The molecule has 2 atom stereocenters. The number of rotatable bonds is 3. The van der Waals surface area contributed by atoms with Crippen molar-refractivity contribution < 1.29 is 4.74 Å². The van der Waals surface area contributed by atoms with Gasteiger partial charge < -0.3 is 4.74 Å². The third-order valence-electron chi connectivity index (χ3n) is 2.13. The lowest BCUT2D eigenvalue weighted by molar-refractivity contribution is 0.0854. The molecule has 0 radical (unpaired) electrons. The van der Waals surface area contributed by atoms with Gasteiger partial charge in [0.15, 0.2) is 0 Å². The number of nitrogens with zero attached hydrogens (tertiary/aromatic N) is 1. The second-order valence-electron chi connectivity index (χ2n) is 3.19. The summed E-state index contributed by atoms with van der Waals surface area (Å²) in [6.45, 7) is 5.57. The lowest BCUT2D eigenvalue weighted by Crippen LogP contribution is -2.30. The quantitative estimate of drug-likeness (QED) is 0.671. The van der Waals surface area contributed by atoms with Crippen molar-refractivity contribution in [3.63, 3.8) is 0 Å². The lowest BCUT2D eigenvalue weighted by atomic mass is 10.4. The van der Waals surface area contributed by atoms with Crippen LogP contribution in [0.2, 0.25) is 0 Å². The van der Waals surface area contributed by atoms with Gasteiger partial charge in [-0.05, 0) is 19.9 Å². The number of hydrogen-bond acceptors (Lipinski definition) is 2. The van der Waals surface area contributed by atoms with Gasteiger partial charge in [0.2, 0.25) is 0 Å². The average molecular weight is 222 g/mol. The summed E-state index contributed by atoms with van der Waals surface area (Å²) in [4.78, 5) is 3.14. The first-order valence-electron chi connectivity index (χ1n) is 4.11. The summed E-state index contributed by atoms with van der Waals surface area (Å²) in [6, 6.07) is 0. The summed E-state index contributed by atoms with van der Waals surface area (Å²) in [5.74, 6) is 0. The van der Waals surface area contributed by atoms with E-state index in [0.717, 1.165) is 6.54 Å². The SMILES string of the molecule is COC(C)CN1CCC(Br)C1. The zero-order valence-electron chi connectivity index (χ0n) is 7.22. The van der Waals surface area contributed by atoms with Crippen molar-refractivity contribution in [3.8, 4) is 0 Å². The predicted octanol–water partition coefficient (Wildman–Crippen LogP) is 1.49. The first-order valence-corrected chi connectivity index (χ1v) is 5.03. The molecule has 0 saturated carbocycles. The highest BCUT2D eigenvalue weighted by Crippen LogP contribution is 2.16. The molecular weight excluding hydrogens is 206 g/mol. The van der Waals surface area contributed by atoms with Crippen molar-refractivity contribution in [3.05, 3.63) is 0 Å². The van der Waals surface area contributed by atoms with Gasteiger partial charge in [-0.2, -0.15) is 0 Å². The van der Waals surface area contributed by atoms with Gasteiger partial charge in [0.25, 0.3) is 0 Å². The van der Waals surface area contributed by atoms with Crippen molar-refractivity contribution in [1.82, 2.24) is 4.90 Å². The van der Waals surface area contributed by atoms with Crippen LogP contribution in [0.1, 0.15) is 13.3 Å². The minimum atomic E-state index is 0.368. The first kappa shape index (κ1) is 9.49. The van der Waals surface area contributed by atoms with Gasteiger partial charge in [-0.25, -0.2) is 0 Å². The Morgan fingerprint density at radius 1 is 1.73 bits per heavy atom. The molecule has 2 unspecified atom stereocenters. The first-order chi connectivity index (χ1) is 5.22. The van der Waals surface area contributed by atoms with Gasteiger partial charge >= 0.3 is 0 Å². The van der Waals surface area contributed by atoms with Gasteiger partial charge in [-0.15, -0.1) is 0 Å². The van der Waals surface area contributed by atoms with Gasteiger partial charge in [0.1, 0.15) is 0 Å². The summed E-state index contributed by atoms with van der Waals surface area (Å²) < 4.78 is 5.19. The molecule has 1 rings (SSSR count). The molecule has 1 heterocycles. The highest BCUT2D eigenvalue weighted by Gasteiger charge is 2.20. The Hall–Kier alpha value is 0.400. The summed E-state index contributed by atoms with van der Waals surface area (Å²) >= 11 is 3.61. The van der Waals surface area contributed by atoms with Gasteiger partial charge in [0, 0.05) is 25.0 Å². The minimum absolute atomic E-state index is 0.368.